The normalized spacial score (nSPS) is 22.8. The second-order valence-corrected chi connectivity index (χ2v) is 5.00. The van der Waals surface area contributed by atoms with E-state index in [0.717, 1.165) is 6.42 Å². The van der Waals surface area contributed by atoms with Gasteiger partial charge in [-0.3, -0.25) is 0 Å². The van der Waals surface area contributed by atoms with Crippen molar-refractivity contribution in [1.82, 2.24) is 0 Å². The molecule has 0 amide bonds. The highest BCUT2D eigenvalue weighted by molar-refractivity contribution is 5.11. The van der Waals surface area contributed by atoms with E-state index in [0.29, 0.717) is 5.92 Å². The highest BCUT2D eigenvalue weighted by atomic mass is 16.7. The van der Waals surface area contributed by atoms with E-state index in [9.17, 15) is 0 Å². The van der Waals surface area contributed by atoms with Crippen LogP contribution in [0, 0.1) is 5.92 Å². The van der Waals surface area contributed by atoms with E-state index in [1.54, 1.807) is 19.8 Å². The van der Waals surface area contributed by atoms with Crippen LogP contribution in [0.1, 0.15) is 58.3 Å². The summed E-state index contributed by atoms with van der Waals surface area (Å²) in [5.41, 5.74) is 1.65. The Morgan fingerprint density at radius 1 is 1.29 bits per heavy atom. The molecular formula is C15H28O2. The molecule has 0 N–H and O–H groups in total. The van der Waals surface area contributed by atoms with Gasteiger partial charge in [-0.05, 0) is 38.0 Å². The highest BCUT2D eigenvalue weighted by Crippen LogP contribution is 2.35. The van der Waals surface area contributed by atoms with Crippen LogP contribution in [0.3, 0.4) is 0 Å². The summed E-state index contributed by atoms with van der Waals surface area (Å²) in [7, 11) is 3.46. The largest absolute Gasteiger partial charge is 0.356 e. The zero-order valence-corrected chi connectivity index (χ0v) is 11.7. The van der Waals surface area contributed by atoms with Gasteiger partial charge in [0.25, 0.3) is 0 Å². The number of ether oxygens (including phenoxy) is 2. The fourth-order valence-electron chi connectivity index (χ4n) is 2.68. The minimum absolute atomic E-state index is 0.0304. The summed E-state index contributed by atoms with van der Waals surface area (Å²) < 4.78 is 10.6. The fraction of sp³-hybridized carbons (Fsp3) is 0.867. The van der Waals surface area contributed by atoms with Crippen molar-refractivity contribution in [1.29, 1.82) is 0 Å². The molecule has 1 fully saturated rings. The Bertz CT molecular complexity index is 219. The van der Waals surface area contributed by atoms with Crippen molar-refractivity contribution >= 4 is 0 Å². The van der Waals surface area contributed by atoms with E-state index in [4.69, 9.17) is 9.47 Å². The molecule has 0 aromatic carbocycles. The molecule has 1 saturated carbocycles. The minimum atomic E-state index is -0.0304. The van der Waals surface area contributed by atoms with Crippen LogP contribution in [0.15, 0.2) is 11.6 Å². The average Bonchev–Trinajstić information content (AvgIpc) is 2.79. The predicted molar refractivity (Wildman–Crippen MR) is 72.0 cm³/mol. The Balaban J connectivity index is 2.37. The highest BCUT2D eigenvalue weighted by Gasteiger charge is 2.23. The van der Waals surface area contributed by atoms with Crippen LogP contribution >= 0.6 is 0 Å². The van der Waals surface area contributed by atoms with Crippen LogP contribution < -0.4 is 0 Å². The number of hydrogen-bond acceptors (Lipinski definition) is 2. The molecule has 0 saturated heterocycles. The summed E-state index contributed by atoms with van der Waals surface area (Å²) in [5.74, 6) is 0.696. The molecule has 1 aliphatic rings. The zero-order chi connectivity index (χ0) is 12.5. The van der Waals surface area contributed by atoms with Gasteiger partial charge in [0, 0.05) is 20.6 Å². The molecule has 0 aromatic rings. The van der Waals surface area contributed by atoms with Crippen molar-refractivity contribution < 1.29 is 9.47 Å². The summed E-state index contributed by atoms with van der Waals surface area (Å²) in [5, 5.41) is 0. The topological polar surface area (TPSA) is 18.5 Å². The van der Waals surface area contributed by atoms with E-state index >= 15 is 0 Å². The van der Waals surface area contributed by atoms with Gasteiger partial charge in [0.2, 0.25) is 0 Å². The minimum Gasteiger partial charge on any atom is -0.356 e. The lowest BCUT2D eigenvalue weighted by atomic mass is 9.97. The zero-order valence-electron chi connectivity index (χ0n) is 11.7. The van der Waals surface area contributed by atoms with E-state index in [-0.39, 0.29) is 6.29 Å². The van der Waals surface area contributed by atoms with Crippen LogP contribution in [0.5, 0.6) is 0 Å². The van der Waals surface area contributed by atoms with Gasteiger partial charge in [0.05, 0.1) is 0 Å². The van der Waals surface area contributed by atoms with Crippen molar-refractivity contribution in [3.8, 4) is 0 Å². The number of allylic oxidation sites excluding steroid dienone is 2. The summed E-state index contributed by atoms with van der Waals surface area (Å²) in [6.45, 7) is 2.26. The molecule has 17 heavy (non-hydrogen) atoms. The lowest BCUT2D eigenvalue weighted by molar-refractivity contribution is -0.111. The molecule has 2 heteroatoms. The van der Waals surface area contributed by atoms with Gasteiger partial charge in [0.15, 0.2) is 6.29 Å². The predicted octanol–water partition coefficient (Wildman–Crippen LogP) is 4.30. The van der Waals surface area contributed by atoms with Crippen molar-refractivity contribution in [3.05, 3.63) is 11.6 Å². The lowest BCUT2D eigenvalue weighted by Gasteiger charge is -2.19. The third-order valence-electron chi connectivity index (χ3n) is 3.76. The number of rotatable bonds is 8. The SMILES string of the molecule is CCCCC/C=C1/CCC[C@H]1CC(OC)OC. The first-order valence-corrected chi connectivity index (χ1v) is 7.06. The molecular weight excluding hydrogens is 212 g/mol. The average molecular weight is 240 g/mol. The van der Waals surface area contributed by atoms with Crippen LogP contribution in [-0.4, -0.2) is 20.5 Å². The standard InChI is InChI=1S/C15H28O2/c1-4-5-6-7-9-13-10-8-11-14(13)12-15(16-2)17-3/h9,14-15H,4-8,10-12H2,1-3H3/b13-9-/t14-/m0/s1. The van der Waals surface area contributed by atoms with Gasteiger partial charge < -0.3 is 9.47 Å². The number of hydrogen-bond donors (Lipinski definition) is 0. The molecule has 0 bridgehead atoms. The first kappa shape index (κ1) is 14.7. The summed E-state index contributed by atoms with van der Waals surface area (Å²) in [6, 6.07) is 0. The monoisotopic (exact) mass is 240 g/mol. The third-order valence-corrected chi connectivity index (χ3v) is 3.76. The molecule has 0 aliphatic heterocycles. The van der Waals surface area contributed by atoms with Crippen molar-refractivity contribution in [2.45, 2.75) is 64.6 Å². The van der Waals surface area contributed by atoms with Crippen molar-refractivity contribution in [3.63, 3.8) is 0 Å². The molecule has 0 spiro atoms. The van der Waals surface area contributed by atoms with Gasteiger partial charge in [0.1, 0.15) is 0 Å². The maximum Gasteiger partial charge on any atom is 0.157 e. The smallest absolute Gasteiger partial charge is 0.157 e. The Kier molecular flexibility index (Phi) is 7.54. The van der Waals surface area contributed by atoms with Crippen LogP contribution in [0.25, 0.3) is 0 Å². The van der Waals surface area contributed by atoms with Gasteiger partial charge in [-0.2, -0.15) is 0 Å². The Labute approximate surface area is 106 Å². The first-order valence-electron chi connectivity index (χ1n) is 7.06. The van der Waals surface area contributed by atoms with E-state index < -0.39 is 0 Å². The van der Waals surface area contributed by atoms with E-state index in [1.807, 2.05) is 0 Å². The second-order valence-electron chi connectivity index (χ2n) is 5.00. The van der Waals surface area contributed by atoms with Gasteiger partial charge in [-0.25, -0.2) is 0 Å². The molecule has 2 nitrogen and oxygen atoms in total. The van der Waals surface area contributed by atoms with Crippen molar-refractivity contribution in [2.75, 3.05) is 14.2 Å². The second kappa shape index (κ2) is 8.71. The van der Waals surface area contributed by atoms with Gasteiger partial charge >= 0.3 is 0 Å². The molecule has 0 heterocycles. The number of methoxy groups -OCH3 is 2. The molecule has 1 atom stereocenters. The van der Waals surface area contributed by atoms with Crippen LogP contribution in [0.4, 0.5) is 0 Å². The summed E-state index contributed by atoms with van der Waals surface area (Å²) in [6.07, 6.45) is 12.7. The molecule has 0 unspecified atom stereocenters. The molecule has 1 aliphatic carbocycles. The van der Waals surface area contributed by atoms with Crippen molar-refractivity contribution in [2.24, 2.45) is 5.92 Å². The molecule has 0 radical (unpaired) electrons. The summed E-state index contributed by atoms with van der Waals surface area (Å²) in [4.78, 5) is 0. The third kappa shape index (κ3) is 5.22. The quantitative estimate of drug-likeness (QED) is 0.358. The Morgan fingerprint density at radius 2 is 2.06 bits per heavy atom. The van der Waals surface area contributed by atoms with E-state index in [2.05, 4.69) is 13.0 Å². The Hall–Kier alpha value is -0.340. The molecule has 1 rings (SSSR count). The van der Waals surface area contributed by atoms with Gasteiger partial charge in [-0.1, -0.05) is 31.4 Å². The molecule has 0 aromatic heterocycles. The lowest BCUT2D eigenvalue weighted by Crippen LogP contribution is -2.17. The van der Waals surface area contributed by atoms with Gasteiger partial charge in [-0.15, -0.1) is 0 Å². The van der Waals surface area contributed by atoms with Crippen LogP contribution in [0.2, 0.25) is 0 Å². The number of unbranched alkanes of at least 4 members (excludes halogenated alkanes) is 3. The fourth-order valence-corrected chi connectivity index (χ4v) is 2.68. The first-order chi connectivity index (χ1) is 8.31. The Morgan fingerprint density at radius 3 is 2.71 bits per heavy atom. The maximum absolute atomic E-state index is 5.30. The maximum atomic E-state index is 5.30. The van der Waals surface area contributed by atoms with Crippen LogP contribution in [-0.2, 0) is 9.47 Å². The molecule has 100 valence electrons. The van der Waals surface area contributed by atoms with E-state index in [1.165, 1.54) is 44.9 Å². The summed E-state index contributed by atoms with van der Waals surface area (Å²) >= 11 is 0.